The minimum Gasteiger partial charge on any atom is -0.491 e. The molecule has 0 aromatic heterocycles. The molecule has 0 saturated carbocycles. The first-order chi connectivity index (χ1) is 20.3. The van der Waals surface area contributed by atoms with Crippen molar-refractivity contribution in [2.45, 2.75) is 26.7 Å². The summed E-state index contributed by atoms with van der Waals surface area (Å²) in [5, 5.41) is 11.7. The van der Waals surface area contributed by atoms with E-state index in [0.29, 0.717) is 29.7 Å². The number of carbonyl (C=O) groups is 2. The summed E-state index contributed by atoms with van der Waals surface area (Å²) in [5.41, 5.74) is 6.55. The number of hydrogen-bond acceptors (Lipinski definition) is 6. The van der Waals surface area contributed by atoms with Crippen LogP contribution in [-0.2, 0) is 31.9 Å². The van der Waals surface area contributed by atoms with Crippen LogP contribution in [0.2, 0.25) is 0 Å². The van der Waals surface area contributed by atoms with Crippen molar-refractivity contribution in [3.05, 3.63) is 114 Å². The average Bonchev–Trinajstić information content (AvgIpc) is 3.00. The van der Waals surface area contributed by atoms with Gasteiger partial charge < -0.3 is 19.3 Å². The topological polar surface area (TPSA) is 82.1 Å². The number of esters is 2. The van der Waals surface area contributed by atoms with E-state index < -0.39 is 11.9 Å². The van der Waals surface area contributed by atoms with Gasteiger partial charge in [0, 0.05) is 24.0 Å². The third-order valence-electron chi connectivity index (χ3n) is 6.77. The van der Waals surface area contributed by atoms with E-state index in [2.05, 4.69) is 61.7 Å². The van der Waals surface area contributed by atoms with E-state index in [-0.39, 0.29) is 26.4 Å². The van der Waals surface area contributed by atoms with Crippen LogP contribution in [0.4, 0.5) is 0 Å². The van der Waals surface area contributed by atoms with Crippen molar-refractivity contribution in [3.8, 4) is 28.0 Å². The molecule has 4 rings (SSSR count). The smallest absolute Gasteiger partial charge is 0.333 e. The van der Waals surface area contributed by atoms with E-state index in [9.17, 15) is 14.7 Å². The summed E-state index contributed by atoms with van der Waals surface area (Å²) < 4.78 is 16.7. The molecule has 0 fully saturated rings. The molecule has 4 aromatic rings. The fourth-order valence-electron chi connectivity index (χ4n) is 4.61. The van der Waals surface area contributed by atoms with Crippen molar-refractivity contribution in [3.63, 3.8) is 0 Å². The van der Waals surface area contributed by atoms with Crippen LogP contribution in [0.15, 0.2) is 103 Å². The molecule has 0 aliphatic rings. The molecule has 42 heavy (non-hydrogen) atoms. The first-order valence-electron chi connectivity index (χ1n) is 13.9. The summed E-state index contributed by atoms with van der Waals surface area (Å²) in [6, 6.07) is 27.1. The zero-order valence-corrected chi connectivity index (χ0v) is 24.2. The van der Waals surface area contributed by atoms with Crippen molar-refractivity contribution >= 4 is 22.7 Å². The van der Waals surface area contributed by atoms with Gasteiger partial charge in [-0.3, -0.25) is 0 Å². The van der Waals surface area contributed by atoms with Crippen LogP contribution in [-0.4, -0.2) is 43.5 Å². The van der Waals surface area contributed by atoms with Gasteiger partial charge in [-0.2, -0.15) is 0 Å². The van der Waals surface area contributed by atoms with Gasteiger partial charge in [-0.25, -0.2) is 9.59 Å². The Morgan fingerprint density at radius 3 is 1.62 bits per heavy atom. The number of benzene rings is 4. The molecule has 0 amide bonds. The molecular formula is C36H36O6. The standard InChI is InChI=1S/C36H36O6/c1-24(2)35(38)41-17-14-31-22-33(23-32(34(31)40-19-16-37)15-18-42-36(39)25(3)4)30-13-12-28-20-27(10-11-29(28)21-30)26-8-6-5-7-9-26/h5-13,20-23,37H,1,3,14-19H2,2,4H3. The molecule has 0 saturated heterocycles. The Kier molecular flexibility index (Phi) is 10.3. The van der Waals surface area contributed by atoms with E-state index in [1.165, 1.54) is 0 Å². The molecule has 6 heteroatoms. The molecule has 4 aromatic carbocycles. The van der Waals surface area contributed by atoms with Crippen molar-refractivity contribution in [1.29, 1.82) is 0 Å². The highest BCUT2D eigenvalue weighted by molar-refractivity contribution is 5.91. The van der Waals surface area contributed by atoms with Crippen LogP contribution in [0.25, 0.3) is 33.0 Å². The van der Waals surface area contributed by atoms with Crippen molar-refractivity contribution < 1.29 is 28.9 Å². The number of ether oxygens (including phenoxy) is 3. The van der Waals surface area contributed by atoms with Crippen LogP contribution in [0.3, 0.4) is 0 Å². The third-order valence-corrected chi connectivity index (χ3v) is 6.77. The van der Waals surface area contributed by atoms with Gasteiger partial charge >= 0.3 is 11.9 Å². The van der Waals surface area contributed by atoms with Crippen molar-refractivity contribution in [1.82, 2.24) is 0 Å². The van der Waals surface area contributed by atoms with Gasteiger partial charge in [-0.1, -0.05) is 67.8 Å². The summed E-state index contributed by atoms with van der Waals surface area (Å²) in [6.45, 7) is 10.7. The van der Waals surface area contributed by atoms with Gasteiger partial charge in [-0.15, -0.1) is 0 Å². The zero-order valence-electron chi connectivity index (χ0n) is 24.2. The summed E-state index contributed by atoms with van der Waals surface area (Å²) >= 11 is 0. The second-order valence-corrected chi connectivity index (χ2v) is 10.2. The van der Waals surface area contributed by atoms with Crippen LogP contribution < -0.4 is 4.74 Å². The number of hydrogen-bond donors (Lipinski definition) is 1. The lowest BCUT2D eigenvalue weighted by molar-refractivity contribution is -0.139. The molecule has 1 N–H and O–H groups in total. The predicted octanol–water partition coefficient (Wildman–Crippen LogP) is 6.87. The second kappa shape index (κ2) is 14.3. The van der Waals surface area contributed by atoms with E-state index in [1.54, 1.807) is 13.8 Å². The van der Waals surface area contributed by atoms with Crippen LogP contribution in [0, 0.1) is 0 Å². The molecular weight excluding hydrogens is 528 g/mol. The Labute approximate surface area is 246 Å². The third kappa shape index (κ3) is 7.74. The maximum Gasteiger partial charge on any atom is 0.333 e. The van der Waals surface area contributed by atoms with Crippen LogP contribution >= 0.6 is 0 Å². The molecule has 0 aliphatic heterocycles. The molecule has 0 bridgehead atoms. The van der Waals surface area contributed by atoms with Crippen LogP contribution in [0.1, 0.15) is 25.0 Å². The second-order valence-electron chi connectivity index (χ2n) is 10.2. The maximum absolute atomic E-state index is 12.0. The molecule has 0 spiro atoms. The quantitative estimate of drug-likeness (QED) is 0.141. The SMILES string of the molecule is C=C(C)C(=O)OCCc1cc(-c2ccc3cc(-c4ccccc4)ccc3c2)cc(CCOC(=O)C(=C)C)c1OCCO. The predicted molar refractivity (Wildman–Crippen MR) is 166 cm³/mol. The minimum atomic E-state index is -0.458. The summed E-state index contributed by atoms with van der Waals surface area (Å²) in [5.74, 6) is -0.334. The molecule has 0 heterocycles. The molecule has 0 aliphatic carbocycles. The van der Waals surface area contributed by atoms with Gasteiger partial charge in [0.15, 0.2) is 0 Å². The Hall–Kier alpha value is -4.68. The highest BCUT2D eigenvalue weighted by atomic mass is 16.5. The fraction of sp³-hybridized carbons (Fsp3) is 0.222. The highest BCUT2D eigenvalue weighted by Crippen LogP contribution is 2.34. The first kappa shape index (κ1) is 30.3. The van der Waals surface area contributed by atoms with E-state index in [1.807, 2.05) is 30.3 Å². The maximum atomic E-state index is 12.0. The first-order valence-corrected chi connectivity index (χ1v) is 13.9. The molecule has 0 radical (unpaired) electrons. The van der Waals surface area contributed by atoms with Gasteiger partial charge in [0.1, 0.15) is 12.4 Å². The molecule has 0 atom stereocenters. The summed E-state index contributed by atoms with van der Waals surface area (Å²) in [6.07, 6.45) is 0.778. The van der Waals surface area contributed by atoms with Crippen molar-refractivity contribution in [2.24, 2.45) is 0 Å². The highest BCUT2D eigenvalue weighted by Gasteiger charge is 2.16. The van der Waals surface area contributed by atoms with Crippen LogP contribution in [0.5, 0.6) is 5.75 Å². The number of aliphatic hydroxyl groups is 1. The molecule has 216 valence electrons. The van der Waals surface area contributed by atoms with Gasteiger partial charge in [-0.05, 0) is 82.3 Å². The van der Waals surface area contributed by atoms with E-state index in [4.69, 9.17) is 14.2 Å². The Bertz CT molecular complexity index is 1550. The lowest BCUT2D eigenvalue weighted by Crippen LogP contribution is -2.13. The van der Waals surface area contributed by atoms with E-state index >= 15 is 0 Å². The van der Waals surface area contributed by atoms with Gasteiger partial charge in [0.05, 0.1) is 19.8 Å². The summed E-state index contributed by atoms with van der Waals surface area (Å²) in [4.78, 5) is 24.0. The van der Waals surface area contributed by atoms with Gasteiger partial charge in [0.25, 0.3) is 0 Å². The monoisotopic (exact) mass is 564 g/mol. The lowest BCUT2D eigenvalue weighted by atomic mass is 9.93. The lowest BCUT2D eigenvalue weighted by Gasteiger charge is -2.19. The van der Waals surface area contributed by atoms with Crippen molar-refractivity contribution in [2.75, 3.05) is 26.4 Å². The number of aliphatic hydroxyl groups excluding tert-OH is 1. The minimum absolute atomic E-state index is 0.0934. The van der Waals surface area contributed by atoms with Gasteiger partial charge in [0.2, 0.25) is 0 Å². The molecule has 6 nitrogen and oxygen atoms in total. The normalized spacial score (nSPS) is 10.7. The zero-order chi connectivity index (χ0) is 30.1. The summed E-state index contributed by atoms with van der Waals surface area (Å²) in [7, 11) is 0. The Morgan fingerprint density at radius 1 is 0.643 bits per heavy atom. The number of carbonyl (C=O) groups excluding carboxylic acids is 2. The number of rotatable bonds is 13. The largest absolute Gasteiger partial charge is 0.491 e. The van der Waals surface area contributed by atoms with E-state index in [0.717, 1.165) is 44.2 Å². The molecule has 0 unspecified atom stereocenters. The fourth-order valence-corrected chi connectivity index (χ4v) is 4.61. The number of fused-ring (bicyclic) bond motifs is 1. The Balaban J connectivity index is 1.71. The average molecular weight is 565 g/mol. The Morgan fingerprint density at radius 2 is 1.14 bits per heavy atom.